The van der Waals surface area contributed by atoms with Gasteiger partial charge in [-0.05, 0) is 12.8 Å². The molecular formula is C11H18N4O2. The van der Waals surface area contributed by atoms with E-state index in [1.165, 1.54) is 0 Å². The van der Waals surface area contributed by atoms with E-state index in [-0.39, 0.29) is 12.0 Å². The largest absolute Gasteiger partial charge is 0.395 e. The topological polar surface area (TPSA) is 84.2 Å². The number of likely N-dealkylation sites (tertiary alicyclic amines) is 1. The molecule has 1 fully saturated rings. The Hall–Kier alpha value is -1.56. The number of H-pyrrole nitrogens is 1. The van der Waals surface area contributed by atoms with E-state index in [0.717, 1.165) is 18.5 Å². The van der Waals surface area contributed by atoms with Gasteiger partial charge in [0.2, 0.25) is 0 Å². The smallest absolute Gasteiger partial charge is 0.276 e. The van der Waals surface area contributed by atoms with Crippen LogP contribution < -0.4 is 5.73 Å². The number of carbonyl (C=O) groups excluding carboxylic acids is 1. The third-order valence-electron chi connectivity index (χ3n) is 3.20. The number of rotatable bonds is 3. The molecule has 17 heavy (non-hydrogen) atoms. The second-order valence-electron chi connectivity index (χ2n) is 4.22. The van der Waals surface area contributed by atoms with Gasteiger partial charge in [-0.15, -0.1) is 0 Å². The van der Waals surface area contributed by atoms with Crippen LogP contribution in [0.2, 0.25) is 0 Å². The highest BCUT2D eigenvalue weighted by atomic mass is 16.5. The number of nitrogens with two attached hydrogens (primary N) is 1. The summed E-state index contributed by atoms with van der Waals surface area (Å²) < 4.78 is 5.23. The fraction of sp³-hybridized carbons (Fsp3) is 0.636. The number of hydrogen-bond acceptors (Lipinski definition) is 4. The summed E-state index contributed by atoms with van der Waals surface area (Å²) in [7, 11) is 1.66. The quantitative estimate of drug-likeness (QED) is 0.799. The number of ether oxygens (including phenoxy) is 1. The zero-order valence-electron chi connectivity index (χ0n) is 10.2. The second kappa shape index (κ2) is 4.75. The van der Waals surface area contributed by atoms with Crippen LogP contribution in [0.15, 0.2) is 0 Å². The Morgan fingerprint density at radius 2 is 2.47 bits per heavy atom. The normalized spacial score (nSPS) is 19.9. The number of nitrogens with one attached hydrogen (secondary N) is 1. The van der Waals surface area contributed by atoms with Crippen LogP contribution in [0.4, 0.5) is 5.69 Å². The number of carbonyl (C=O) groups is 1. The van der Waals surface area contributed by atoms with Crippen LogP contribution in [-0.2, 0) is 11.2 Å². The van der Waals surface area contributed by atoms with E-state index < -0.39 is 0 Å². The van der Waals surface area contributed by atoms with Crippen molar-refractivity contribution < 1.29 is 9.53 Å². The molecule has 0 aromatic carbocycles. The molecular weight excluding hydrogens is 220 g/mol. The molecule has 1 aromatic rings. The van der Waals surface area contributed by atoms with Gasteiger partial charge in [-0.3, -0.25) is 9.89 Å². The van der Waals surface area contributed by atoms with E-state index in [0.29, 0.717) is 24.5 Å². The van der Waals surface area contributed by atoms with Gasteiger partial charge in [-0.2, -0.15) is 5.10 Å². The Labute approximate surface area is 100 Å². The molecule has 6 heteroatoms. The number of amides is 1. The van der Waals surface area contributed by atoms with E-state index in [4.69, 9.17) is 10.5 Å². The number of hydrogen-bond donors (Lipinski definition) is 2. The van der Waals surface area contributed by atoms with Crippen LogP contribution in [0.25, 0.3) is 0 Å². The van der Waals surface area contributed by atoms with Crippen molar-refractivity contribution in [1.82, 2.24) is 15.1 Å². The zero-order valence-corrected chi connectivity index (χ0v) is 10.2. The van der Waals surface area contributed by atoms with Crippen LogP contribution in [0.3, 0.4) is 0 Å². The first-order chi connectivity index (χ1) is 8.17. The fourth-order valence-electron chi connectivity index (χ4n) is 2.07. The fourth-order valence-corrected chi connectivity index (χ4v) is 2.07. The Bertz CT molecular complexity index is 416. The van der Waals surface area contributed by atoms with E-state index >= 15 is 0 Å². The number of aryl methyl sites for hydroxylation is 1. The molecule has 1 amide bonds. The minimum absolute atomic E-state index is 0.113. The van der Waals surface area contributed by atoms with Gasteiger partial charge in [-0.1, -0.05) is 6.92 Å². The standard InChI is InChI=1S/C11H18N4O2/c1-3-8-9(12)10(14-13-8)11(16)15-5-4-7(6-15)17-2/h7H,3-6,12H2,1-2H3,(H,13,14). The average molecular weight is 238 g/mol. The highest BCUT2D eigenvalue weighted by Crippen LogP contribution is 2.20. The first-order valence-corrected chi connectivity index (χ1v) is 5.82. The Morgan fingerprint density at radius 3 is 3.00 bits per heavy atom. The molecule has 0 spiro atoms. The Morgan fingerprint density at radius 1 is 1.71 bits per heavy atom. The molecule has 0 aliphatic carbocycles. The maximum atomic E-state index is 12.2. The highest BCUT2D eigenvalue weighted by Gasteiger charge is 2.29. The number of nitrogen functional groups attached to an aromatic ring is 1. The number of aromatic nitrogens is 2. The van der Waals surface area contributed by atoms with Gasteiger partial charge < -0.3 is 15.4 Å². The van der Waals surface area contributed by atoms with Crippen molar-refractivity contribution in [2.75, 3.05) is 25.9 Å². The molecule has 1 aliphatic rings. The summed E-state index contributed by atoms with van der Waals surface area (Å²) in [6.45, 7) is 3.28. The molecule has 0 radical (unpaired) electrons. The molecule has 1 aromatic heterocycles. The number of nitrogens with zero attached hydrogens (tertiary/aromatic N) is 2. The molecule has 94 valence electrons. The van der Waals surface area contributed by atoms with Gasteiger partial charge in [0.15, 0.2) is 5.69 Å². The molecule has 1 unspecified atom stereocenters. The van der Waals surface area contributed by atoms with Crippen molar-refractivity contribution in [3.63, 3.8) is 0 Å². The summed E-state index contributed by atoms with van der Waals surface area (Å²) >= 11 is 0. The summed E-state index contributed by atoms with van der Waals surface area (Å²) in [6, 6.07) is 0. The van der Waals surface area contributed by atoms with Crippen molar-refractivity contribution >= 4 is 11.6 Å². The molecule has 0 bridgehead atoms. The summed E-state index contributed by atoms with van der Waals surface area (Å²) in [4.78, 5) is 13.9. The molecule has 2 heterocycles. The summed E-state index contributed by atoms with van der Waals surface area (Å²) in [5.41, 5.74) is 7.50. The highest BCUT2D eigenvalue weighted by molar-refractivity contribution is 5.97. The first-order valence-electron chi connectivity index (χ1n) is 5.82. The summed E-state index contributed by atoms with van der Waals surface area (Å²) in [5.74, 6) is -0.113. The molecule has 1 atom stereocenters. The van der Waals surface area contributed by atoms with E-state index in [1.807, 2.05) is 6.92 Å². The Balaban J connectivity index is 2.12. The van der Waals surface area contributed by atoms with E-state index in [2.05, 4.69) is 10.2 Å². The lowest BCUT2D eigenvalue weighted by Gasteiger charge is -2.14. The van der Waals surface area contributed by atoms with Gasteiger partial charge in [0, 0.05) is 20.2 Å². The number of anilines is 1. The van der Waals surface area contributed by atoms with Crippen LogP contribution >= 0.6 is 0 Å². The van der Waals surface area contributed by atoms with Crippen LogP contribution in [0.1, 0.15) is 29.5 Å². The zero-order chi connectivity index (χ0) is 12.4. The Kier molecular flexibility index (Phi) is 3.33. The lowest BCUT2D eigenvalue weighted by molar-refractivity contribution is 0.0720. The van der Waals surface area contributed by atoms with Crippen molar-refractivity contribution in [2.24, 2.45) is 0 Å². The monoisotopic (exact) mass is 238 g/mol. The molecule has 3 N–H and O–H groups in total. The molecule has 6 nitrogen and oxygen atoms in total. The number of methoxy groups -OCH3 is 1. The summed E-state index contributed by atoms with van der Waals surface area (Å²) in [6.07, 6.45) is 1.74. The lowest BCUT2D eigenvalue weighted by atomic mass is 10.2. The molecule has 1 aliphatic heterocycles. The van der Waals surface area contributed by atoms with Crippen LogP contribution in [-0.4, -0.2) is 47.3 Å². The molecule has 1 saturated heterocycles. The van der Waals surface area contributed by atoms with Crippen molar-refractivity contribution in [3.05, 3.63) is 11.4 Å². The van der Waals surface area contributed by atoms with Gasteiger partial charge in [0.25, 0.3) is 5.91 Å². The minimum Gasteiger partial charge on any atom is -0.395 e. The van der Waals surface area contributed by atoms with Crippen LogP contribution in [0.5, 0.6) is 0 Å². The van der Waals surface area contributed by atoms with Crippen molar-refractivity contribution in [2.45, 2.75) is 25.9 Å². The van der Waals surface area contributed by atoms with Crippen molar-refractivity contribution in [1.29, 1.82) is 0 Å². The van der Waals surface area contributed by atoms with Crippen molar-refractivity contribution in [3.8, 4) is 0 Å². The van der Waals surface area contributed by atoms with Gasteiger partial charge in [-0.25, -0.2) is 0 Å². The van der Waals surface area contributed by atoms with E-state index in [9.17, 15) is 4.79 Å². The van der Waals surface area contributed by atoms with Gasteiger partial charge >= 0.3 is 0 Å². The predicted molar refractivity (Wildman–Crippen MR) is 63.7 cm³/mol. The minimum atomic E-state index is -0.113. The maximum Gasteiger partial charge on any atom is 0.276 e. The van der Waals surface area contributed by atoms with E-state index in [1.54, 1.807) is 12.0 Å². The summed E-state index contributed by atoms with van der Waals surface area (Å²) in [5, 5.41) is 6.80. The third-order valence-corrected chi connectivity index (χ3v) is 3.20. The SMILES string of the molecule is CCc1[nH]nc(C(=O)N2CCC(OC)C2)c1N. The second-order valence-corrected chi connectivity index (χ2v) is 4.22. The van der Waals surface area contributed by atoms with Crippen LogP contribution in [0, 0.1) is 0 Å². The lowest BCUT2D eigenvalue weighted by Crippen LogP contribution is -2.30. The number of aromatic amines is 1. The first kappa shape index (κ1) is 11.9. The predicted octanol–water partition coefficient (Wildman–Crippen LogP) is 0.415. The van der Waals surface area contributed by atoms with Gasteiger partial charge in [0.1, 0.15) is 0 Å². The van der Waals surface area contributed by atoms with Gasteiger partial charge in [0.05, 0.1) is 17.5 Å². The molecule has 2 rings (SSSR count). The maximum absolute atomic E-state index is 12.2. The molecule has 0 saturated carbocycles. The average Bonchev–Trinajstić information content (AvgIpc) is 2.94. The third kappa shape index (κ3) is 2.12.